The molecule has 4 aromatic rings. The van der Waals surface area contributed by atoms with E-state index in [0.717, 1.165) is 33.4 Å². The second-order valence-corrected chi connectivity index (χ2v) is 6.98. The summed E-state index contributed by atoms with van der Waals surface area (Å²) in [6.45, 7) is 2.13. The highest BCUT2D eigenvalue weighted by atomic mass is 16.5. The molecule has 1 unspecified atom stereocenters. The predicted molar refractivity (Wildman–Crippen MR) is 116 cm³/mol. The molecule has 1 aliphatic rings. The minimum atomic E-state index is -0.379. The molecule has 0 fully saturated rings. The van der Waals surface area contributed by atoms with Crippen molar-refractivity contribution in [1.82, 2.24) is 15.0 Å². The van der Waals surface area contributed by atoms with Crippen molar-refractivity contribution in [3.05, 3.63) is 90.6 Å². The van der Waals surface area contributed by atoms with Gasteiger partial charge in [-0.05, 0) is 30.7 Å². The standard InChI is InChI=1S/C24H20N4O2/c1-2-30-23(29)15-16-27-21-13-7-5-10-18(21)17-9-3-4-11-19(17)24(27)28-22-14-8-6-12-20(22)25-26-28/h3-16,24H,2H2,1H3/b16-15+. The highest BCUT2D eigenvalue weighted by Crippen LogP contribution is 2.45. The fourth-order valence-electron chi connectivity index (χ4n) is 3.99. The maximum Gasteiger partial charge on any atom is 0.332 e. The molecule has 5 rings (SSSR count). The van der Waals surface area contributed by atoms with Gasteiger partial charge in [0.15, 0.2) is 6.17 Å². The van der Waals surface area contributed by atoms with Crippen LogP contribution in [0.25, 0.3) is 22.2 Å². The zero-order chi connectivity index (χ0) is 20.5. The highest BCUT2D eigenvalue weighted by Gasteiger charge is 2.32. The Labute approximate surface area is 174 Å². The molecule has 148 valence electrons. The average Bonchev–Trinajstić information content (AvgIpc) is 3.21. The van der Waals surface area contributed by atoms with E-state index in [-0.39, 0.29) is 12.1 Å². The Morgan fingerprint density at radius 3 is 2.60 bits per heavy atom. The smallest absolute Gasteiger partial charge is 0.332 e. The van der Waals surface area contributed by atoms with E-state index in [4.69, 9.17) is 4.74 Å². The molecular formula is C24H20N4O2. The number of aromatic nitrogens is 3. The van der Waals surface area contributed by atoms with Crippen molar-refractivity contribution in [3.63, 3.8) is 0 Å². The number of hydrogen-bond donors (Lipinski definition) is 0. The number of rotatable bonds is 4. The Morgan fingerprint density at radius 2 is 1.73 bits per heavy atom. The third-order valence-electron chi connectivity index (χ3n) is 5.24. The van der Waals surface area contributed by atoms with Crippen LogP contribution in [0.15, 0.2) is 85.1 Å². The molecule has 0 aliphatic carbocycles. The molecule has 0 N–H and O–H groups in total. The van der Waals surface area contributed by atoms with Crippen molar-refractivity contribution in [2.45, 2.75) is 13.1 Å². The summed E-state index contributed by atoms with van der Waals surface area (Å²) in [6, 6.07) is 24.3. The summed E-state index contributed by atoms with van der Waals surface area (Å²) >= 11 is 0. The van der Waals surface area contributed by atoms with E-state index >= 15 is 0 Å². The van der Waals surface area contributed by atoms with Gasteiger partial charge in [-0.15, -0.1) is 5.10 Å². The van der Waals surface area contributed by atoms with Gasteiger partial charge in [-0.2, -0.15) is 0 Å². The van der Waals surface area contributed by atoms with Gasteiger partial charge in [0.25, 0.3) is 0 Å². The molecule has 0 radical (unpaired) electrons. The quantitative estimate of drug-likeness (QED) is 0.374. The first-order chi connectivity index (χ1) is 14.8. The summed E-state index contributed by atoms with van der Waals surface area (Å²) in [6.07, 6.45) is 2.93. The minimum absolute atomic E-state index is 0.297. The lowest BCUT2D eigenvalue weighted by Gasteiger charge is -2.38. The number of nitrogens with zero attached hydrogens (tertiary/aromatic N) is 4. The van der Waals surface area contributed by atoms with Gasteiger partial charge in [0, 0.05) is 23.4 Å². The maximum absolute atomic E-state index is 12.1. The lowest BCUT2D eigenvalue weighted by molar-refractivity contribution is -0.137. The molecule has 1 aliphatic heterocycles. The second-order valence-electron chi connectivity index (χ2n) is 6.98. The van der Waals surface area contributed by atoms with E-state index in [0.29, 0.717) is 6.61 Å². The first-order valence-electron chi connectivity index (χ1n) is 9.89. The molecule has 6 heteroatoms. The molecule has 30 heavy (non-hydrogen) atoms. The summed E-state index contributed by atoms with van der Waals surface area (Å²) < 4.78 is 7.00. The van der Waals surface area contributed by atoms with Gasteiger partial charge in [-0.3, -0.25) is 0 Å². The molecule has 1 aromatic heterocycles. The van der Waals surface area contributed by atoms with Crippen LogP contribution < -0.4 is 4.90 Å². The Balaban J connectivity index is 1.74. The van der Waals surface area contributed by atoms with E-state index in [9.17, 15) is 4.79 Å². The molecule has 3 aromatic carbocycles. The molecule has 0 saturated heterocycles. The van der Waals surface area contributed by atoms with Crippen LogP contribution in [0.2, 0.25) is 0 Å². The van der Waals surface area contributed by atoms with Crippen LogP contribution in [-0.4, -0.2) is 27.6 Å². The van der Waals surface area contributed by atoms with E-state index < -0.39 is 0 Å². The summed E-state index contributed by atoms with van der Waals surface area (Å²) in [4.78, 5) is 14.1. The summed E-state index contributed by atoms with van der Waals surface area (Å²) in [5, 5.41) is 8.83. The largest absolute Gasteiger partial charge is 0.463 e. The van der Waals surface area contributed by atoms with Crippen molar-refractivity contribution in [2.24, 2.45) is 0 Å². The lowest BCUT2D eigenvalue weighted by Crippen LogP contribution is -2.33. The molecule has 0 spiro atoms. The summed E-state index contributed by atoms with van der Waals surface area (Å²) in [5.41, 5.74) is 6.05. The van der Waals surface area contributed by atoms with E-state index in [1.54, 1.807) is 13.1 Å². The average molecular weight is 396 g/mol. The Hall–Kier alpha value is -3.93. The molecular weight excluding hydrogens is 376 g/mol. The third-order valence-corrected chi connectivity index (χ3v) is 5.24. The van der Waals surface area contributed by atoms with Crippen LogP contribution in [-0.2, 0) is 9.53 Å². The van der Waals surface area contributed by atoms with E-state index in [1.807, 2.05) is 59.3 Å². The first-order valence-corrected chi connectivity index (χ1v) is 9.89. The monoisotopic (exact) mass is 396 g/mol. The van der Waals surface area contributed by atoms with Crippen LogP contribution in [0.3, 0.4) is 0 Å². The molecule has 2 heterocycles. The predicted octanol–water partition coefficient (Wildman–Crippen LogP) is 4.54. The molecule has 6 nitrogen and oxygen atoms in total. The number of benzene rings is 3. The fraction of sp³-hybridized carbons (Fsp3) is 0.125. The Morgan fingerprint density at radius 1 is 1.00 bits per heavy atom. The summed E-state index contributed by atoms with van der Waals surface area (Å²) in [5.74, 6) is -0.379. The van der Waals surface area contributed by atoms with E-state index in [1.165, 1.54) is 6.08 Å². The maximum atomic E-state index is 12.1. The van der Waals surface area contributed by atoms with Crippen molar-refractivity contribution in [1.29, 1.82) is 0 Å². The zero-order valence-electron chi connectivity index (χ0n) is 16.5. The first kappa shape index (κ1) is 18.1. The number of ether oxygens (including phenoxy) is 1. The van der Waals surface area contributed by atoms with Crippen molar-refractivity contribution < 1.29 is 9.53 Å². The van der Waals surface area contributed by atoms with Gasteiger partial charge in [-0.25, -0.2) is 9.48 Å². The number of hydrogen-bond acceptors (Lipinski definition) is 5. The van der Waals surface area contributed by atoms with Crippen LogP contribution in [0.1, 0.15) is 18.7 Å². The normalized spacial score (nSPS) is 15.2. The molecule has 1 atom stereocenters. The number of para-hydroxylation sites is 2. The van der Waals surface area contributed by atoms with Gasteiger partial charge in [-0.1, -0.05) is 59.8 Å². The molecule has 0 saturated carbocycles. The number of carbonyl (C=O) groups excluding carboxylic acids is 1. The summed E-state index contributed by atoms with van der Waals surface area (Å²) in [7, 11) is 0. The van der Waals surface area contributed by atoms with Crippen LogP contribution in [0.4, 0.5) is 5.69 Å². The number of esters is 1. The van der Waals surface area contributed by atoms with Gasteiger partial charge in [0.1, 0.15) is 5.52 Å². The number of anilines is 1. The molecule has 0 bridgehead atoms. The Kier molecular flexibility index (Phi) is 4.52. The van der Waals surface area contributed by atoms with Crippen LogP contribution in [0, 0.1) is 0 Å². The van der Waals surface area contributed by atoms with Crippen molar-refractivity contribution in [3.8, 4) is 11.1 Å². The highest BCUT2D eigenvalue weighted by molar-refractivity contribution is 5.88. The van der Waals surface area contributed by atoms with E-state index in [2.05, 4.69) is 33.4 Å². The SMILES string of the molecule is CCOC(=O)/C=C/N1c2ccccc2-c2ccccc2C1n1nnc2ccccc21. The molecule has 0 amide bonds. The number of fused-ring (bicyclic) bond motifs is 4. The van der Waals surface area contributed by atoms with Crippen LogP contribution >= 0.6 is 0 Å². The van der Waals surface area contributed by atoms with Gasteiger partial charge in [0.2, 0.25) is 0 Å². The fourth-order valence-corrected chi connectivity index (χ4v) is 3.99. The van der Waals surface area contributed by atoms with Crippen LogP contribution in [0.5, 0.6) is 0 Å². The minimum Gasteiger partial charge on any atom is -0.463 e. The van der Waals surface area contributed by atoms with Gasteiger partial charge < -0.3 is 9.64 Å². The van der Waals surface area contributed by atoms with Crippen molar-refractivity contribution in [2.75, 3.05) is 11.5 Å². The lowest BCUT2D eigenvalue weighted by atomic mass is 9.91. The van der Waals surface area contributed by atoms with Crippen molar-refractivity contribution >= 4 is 22.7 Å². The number of carbonyl (C=O) groups is 1. The topological polar surface area (TPSA) is 60.2 Å². The zero-order valence-corrected chi connectivity index (χ0v) is 16.5. The second kappa shape index (κ2) is 7.48. The van der Waals surface area contributed by atoms with Gasteiger partial charge in [0.05, 0.1) is 17.8 Å². The van der Waals surface area contributed by atoms with Gasteiger partial charge >= 0.3 is 5.97 Å². The Bertz CT molecular complexity index is 1260. The third kappa shape index (κ3) is 2.93.